The lowest BCUT2D eigenvalue weighted by Crippen LogP contribution is -2.40. The van der Waals surface area contributed by atoms with E-state index in [4.69, 9.17) is 0 Å². The summed E-state index contributed by atoms with van der Waals surface area (Å²) in [5, 5.41) is 3.36. The van der Waals surface area contributed by atoms with Crippen LogP contribution in [0.1, 0.15) is 54.6 Å². The van der Waals surface area contributed by atoms with E-state index in [2.05, 4.69) is 37.4 Å². The molecule has 0 aliphatic carbocycles. The molecule has 1 saturated heterocycles. The van der Waals surface area contributed by atoms with E-state index in [1.807, 2.05) is 0 Å². The fourth-order valence-electron chi connectivity index (χ4n) is 2.64. The minimum absolute atomic E-state index is 0.0381. The van der Waals surface area contributed by atoms with Crippen LogP contribution in [0.15, 0.2) is 18.2 Å². The second kappa shape index (κ2) is 6.14. The van der Waals surface area contributed by atoms with Crippen molar-refractivity contribution < 1.29 is 4.79 Å². The van der Waals surface area contributed by atoms with Crippen LogP contribution in [0.5, 0.6) is 0 Å². The highest BCUT2D eigenvalue weighted by atomic mass is 16.1. The first-order valence-corrected chi connectivity index (χ1v) is 7.15. The van der Waals surface area contributed by atoms with Gasteiger partial charge in [-0.1, -0.05) is 32.4 Å². The molecule has 2 nitrogen and oxygen atoms in total. The molecule has 1 aromatic carbocycles. The number of benzene rings is 1. The van der Waals surface area contributed by atoms with Gasteiger partial charge in [0.2, 0.25) is 0 Å². The number of hydrogen-bond donors (Lipinski definition) is 1. The number of carbonyl (C=O) groups is 1. The van der Waals surface area contributed by atoms with Gasteiger partial charge in [-0.25, -0.2) is 0 Å². The number of nitrogens with one attached hydrogen (secondary N) is 1. The van der Waals surface area contributed by atoms with Crippen molar-refractivity contribution in [2.45, 2.75) is 52.0 Å². The smallest absolute Gasteiger partial charge is 0.180 e. The first-order valence-electron chi connectivity index (χ1n) is 7.15. The molecule has 0 saturated carbocycles. The molecule has 1 heterocycles. The summed E-state index contributed by atoms with van der Waals surface area (Å²) in [6.45, 7) is 5.23. The molecule has 0 spiro atoms. The zero-order chi connectivity index (χ0) is 13.0. The third-order valence-electron chi connectivity index (χ3n) is 3.86. The Bertz CT molecular complexity index is 419. The first kappa shape index (κ1) is 13.3. The minimum atomic E-state index is 0.0381. The Morgan fingerprint density at radius 1 is 1.28 bits per heavy atom. The average molecular weight is 245 g/mol. The quantitative estimate of drug-likeness (QED) is 0.826. The van der Waals surface area contributed by atoms with Crippen LogP contribution in [0, 0.1) is 0 Å². The van der Waals surface area contributed by atoms with Crippen molar-refractivity contribution >= 4 is 5.78 Å². The second-order valence-electron chi connectivity index (χ2n) is 5.07. The van der Waals surface area contributed by atoms with Crippen molar-refractivity contribution in [2.75, 3.05) is 6.54 Å². The summed E-state index contributed by atoms with van der Waals surface area (Å²) in [5.74, 6) is 0.293. The molecule has 2 heteroatoms. The normalized spacial score (nSPS) is 19.8. The van der Waals surface area contributed by atoms with E-state index in [1.165, 1.54) is 24.0 Å². The van der Waals surface area contributed by atoms with Gasteiger partial charge in [0.15, 0.2) is 5.78 Å². The summed E-state index contributed by atoms with van der Waals surface area (Å²) in [6.07, 6.45) is 5.26. The van der Waals surface area contributed by atoms with Crippen LogP contribution in [0.4, 0.5) is 0 Å². The topological polar surface area (TPSA) is 29.1 Å². The number of Topliss-reactive ketones (excluding diaryl/α,β-unsaturated/α-hetero) is 1. The predicted octanol–water partition coefficient (Wildman–Crippen LogP) is 3.14. The van der Waals surface area contributed by atoms with E-state index in [9.17, 15) is 4.79 Å². The van der Waals surface area contributed by atoms with Crippen molar-refractivity contribution in [3.8, 4) is 0 Å². The molecular weight excluding hydrogens is 222 g/mol. The van der Waals surface area contributed by atoms with Gasteiger partial charge in [-0.2, -0.15) is 0 Å². The van der Waals surface area contributed by atoms with Crippen molar-refractivity contribution in [2.24, 2.45) is 0 Å². The molecule has 18 heavy (non-hydrogen) atoms. The van der Waals surface area contributed by atoms with E-state index >= 15 is 0 Å². The summed E-state index contributed by atoms with van der Waals surface area (Å²) >= 11 is 0. The van der Waals surface area contributed by atoms with E-state index < -0.39 is 0 Å². The lowest BCUT2D eigenvalue weighted by molar-refractivity contribution is 0.0926. The van der Waals surface area contributed by atoms with Gasteiger partial charge in [-0.15, -0.1) is 0 Å². The van der Waals surface area contributed by atoms with Crippen LogP contribution in [-0.2, 0) is 12.8 Å². The Hall–Kier alpha value is -1.15. The summed E-state index contributed by atoms with van der Waals surface area (Å²) in [7, 11) is 0. The fraction of sp³-hybridized carbons (Fsp3) is 0.562. The van der Waals surface area contributed by atoms with Crippen LogP contribution in [0.2, 0.25) is 0 Å². The molecule has 0 amide bonds. The van der Waals surface area contributed by atoms with Gasteiger partial charge >= 0.3 is 0 Å². The van der Waals surface area contributed by atoms with Crippen LogP contribution in [0.3, 0.4) is 0 Å². The lowest BCUT2D eigenvalue weighted by Gasteiger charge is -2.23. The van der Waals surface area contributed by atoms with E-state index in [0.717, 1.165) is 31.4 Å². The number of aryl methyl sites for hydroxylation is 2. The SMILES string of the molecule is CCc1ccc(CC)c(C(=O)C2CCCCN2)c1. The standard InChI is InChI=1S/C16H23NO/c1-3-12-8-9-13(4-2)14(11-12)16(18)15-7-5-6-10-17-15/h8-9,11,15,17H,3-7,10H2,1-2H3. The minimum Gasteiger partial charge on any atom is -0.307 e. The maximum atomic E-state index is 12.6. The number of piperidine rings is 1. The molecule has 1 fully saturated rings. The number of rotatable bonds is 4. The Labute approximate surface area is 110 Å². The summed E-state index contributed by atoms with van der Waals surface area (Å²) in [6, 6.07) is 6.40. The first-order chi connectivity index (χ1) is 8.76. The molecule has 1 aliphatic heterocycles. The van der Waals surface area contributed by atoms with Crippen molar-refractivity contribution in [1.29, 1.82) is 0 Å². The molecule has 0 radical (unpaired) electrons. The van der Waals surface area contributed by atoms with Gasteiger partial charge in [0, 0.05) is 5.56 Å². The molecular formula is C16H23NO. The largest absolute Gasteiger partial charge is 0.307 e. The highest BCUT2D eigenvalue weighted by molar-refractivity contribution is 6.01. The second-order valence-corrected chi connectivity index (χ2v) is 5.07. The van der Waals surface area contributed by atoms with Gasteiger partial charge in [-0.05, 0) is 49.4 Å². The van der Waals surface area contributed by atoms with Crippen molar-refractivity contribution in [1.82, 2.24) is 5.32 Å². The highest BCUT2D eigenvalue weighted by Gasteiger charge is 2.23. The molecule has 0 aromatic heterocycles. The Morgan fingerprint density at radius 3 is 2.72 bits per heavy atom. The molecule has 0 bridgehead atoms. The van der Waals surface area contributed by atoms with Crippen molar-refractivity contribution in [3.63, 3.8) is 0 Å². The monoisotopic (exact) mass is 245 g/mol. The summed E-state index contributed by atoms with van der Waals surface area (Å²) < 4.78 is 0. The summed E-state index contributed by atoms with van der Waals surface area (Å²) in [5.41, 5.74) is 3.38. The van der Waals surface area contributed by atoms with Gasteiger partial charge in [-0.3, -0.25) is 4.79 Å². The van der Waals surface area contributed by atoms with E-state index in [0.29, 0.717) is 5.78 Å². The highest BCUT2D eigenvalue weighted by Crippen LogP contribution is 2.19. The van der Waals surface area contributed by atoms with Crippen LogP contribution in [0.25, 0.3) is 0 Å². The Kier molecular flexibility index (Phi) is 4.54. The van der Waals surface area contributed by atoms with Gasteiger partial charge in [0.25, 0.3) is 0 Å². The van der Waals surface area contributed by atoms with E-state index in [-0.39, 0.29) is 6.04 Å². The molecule has 1 aliphatic rings. The predicted molar refractivity (Wildman–Crippen MR) is 75.2 cm³/mol. The molecule has 1 atom stereocenters. The average Bonchev–Trinajstić information content (AvgIpc) is 2.46. The Morgan fingerprint density at radius 2 is 2.11 bits per heavy atom. The Balaban J connectivity index is 2.26. The maximum Gasteiger partial charge on any atom is 0.180 e. The van der Waals surface area contributed by atoms with Crippen LogP contribution >= 0.6 is 0 Å². The van der Waals surface area contributed by atoms with Gasteiger partial charge in [0.05, 0.1) is 6.04 Å². The van der Waals surface area contributed by atoms with E-state index in [1.54, 1.807) is 0 Å². The molecule has 1 unspecified atom stereocenters. The maximum absolute atomic E-state index is 12.6. The molecule has 98 valence electrons. The molecule has 2 rings (SSSR count). The van der Waals surface area contributed by atoms with Gasteiger partial charge in [0.1, 0.15) is 0 Å². The number of hydrogen-bond acceptors (Lipinski definition) is 2. The molecule has 1 N–H and O–H groups in total. The zero-order valence-corrected chi connectivity index (χ0v) is 11.5. The van der Waals surface area contributed by atoms with Gasteiger partial charge < -0.3 is 5.32 Å². The zero-order valence-electron chi connectivity index (χ0n) is 11.5. The number of carbonyl (C=O) groups excluding carboxylic acids is 1. The summed E-state index contributed by atoms with van der Waals surface area (Å²) in [4.78, 5) is 12.6. The lowest BCUT2D eigenvalue weighted by atomic mass is 9.91. The molecule has 1 aromatic rings. The van der Waals surface area contributed by atoms with Crippen LogP contribution < -0.4 is 5.32 Å². The third kappa shape index (κ3) is 2.81. The fourth-order valence-corrected chi connectivity index (χ4v) is 2.64. The third-order valence-corrected chi connectivity index (χ3v) is 3.86. The van der Waals surface area contributed by atoms with Crippen LogP contribution in [-0.4, -0.2) is 18.4 Å². The number of ketones is 1. The van der Waals surface area contributed by atoms with Crippen molar-refractivity contribution in [3.05, 3.63) is 34.9 Å².